The predicted octanol–water partition coefficient (Wildman–Crippen LogP) is 1.28. The lowest BCUT2D eigenvalue weighted by molar-refractivity contribution is 0.570. The van der Waals surface area contributed by atoms with E-state index in [0.717, 1.165) is 5.56 Å². The molecule has 0 amide bonds. The minimum Gasteiger partial charge on any atom is -0.271 e. The van der Waals surface area contributed by atoms with Crippen molar-refractivity contribution in [3.8, 4) is 12.3 Å². The van der Waals surface area contributed by atoms with Crippen LogP contribution < -0.4 is 11.3 Å². The minimum atomic E-state index is 0.103. The van der Waals surface area contributed by atoms with Gasteiger partial charge in [-0.15, -0.1) is 12.3 Å². The van der Waals surface area contributed by atoms with Crippen LogP contribution in [0.4, 0.5) is 0 Å². The van der Waals surface area contributed by atoms with Gasteiger partial charge in [-0.25, -0.2) is 0 Å². The molecule has 0 radical (unpaired) electrons. The van der Waals surface area contributed by atoms with Gasteiger partial charge in [-0.2, -0.15) is 11.3 Å². The smallest absolute Gasteiger partial charge is 0.0577 e. The molecular formula is C8H10N2S. The Morgan fingerprint density at radius 2 is 2.64 bits per heavy atom. The van der Waals surface area contributed by atoms with Crippen molar-refractivity contribution in [1.29, 1.82) is 0 Å². The molecule has 1 aromatic heterocycles. The second-order valence-corrected chi connectivity index (χ2v) is 2.96. The first-order valence-electron chi connectivity index (χ1n) is 3.30. The molecule has 1 rings (SSSR count). The van der Waals surface area contributed by atoms with Crippen molar-refractivity contribution in [3.63, 3.8) is 0 Å². The number of thiophene rings is 1. The number of hydrazine groups is 1. The summed E-state index contributed by atoms with van der Waals surface area (Å²) < 4.78 is 0. The molecule has 0 aromatic carbocycles. The summed E-state index contributed by atoms with van der Waals surface area (Å²) in [6.45, 7) is 0. The van der Waals surface area contributed by atoms with E-state index in [0.29, 0.717) is 6.42 Å². The molecular weight excluding hydrogens is 156 g/mol. The number of hydrogen-bond donors (Lipinski definition) is 2. The Balaban J connectivity index is 2.65. The van der Waals surface area contributed by atoms with E-state index in [4.69, 9.17) is 12.3 Å². The summed E-state index contributed by atoms with van der Waals surface area (Å²) in [7, 11) is 0. The Hall–Kier alpha value is -0.820. The van der Waals surface area contributed by atoms with Crippen molar-refractivity contribution in [2.75, 3.05) is 0 Å². The van der Waals surface area contributed by atoms with Gasteiger partial charge in [0.2, 0.25) is 0 Å². The van der Waals surface area contributed by atoms with Gasteiger partial charge in [-0.1, -0.05) is 0 Å². The van der Waals surface area contributed by atoms with E-state index < -0.39 is 0 Å². The molecule has 1 aromatic rings. The Morgan fingerprint density at radius 1 is 1.82 bits per heavy atom. The lowest BCUT2D eigenvalue weighted by Gasteiger charge is -2.09. The number of rotatable bonds is 3. The maximum absolute atomic E-state index is 5.31. The van der Waals surface area contributed by atoms with Gasteiger partial charge in [0.1, 0.15) is 0 Å². The summed E-state index contributed by atoms with van der Waals surface area (Å²) >= 11 is 1.64. The van der Waals surface area contributed by atoms with Crippen LogP contribution in [0.5, 0.6) is 0 Å². The van der Waals surface area contributed by atoms with E-state index >= 15 is 0 Å². The van der Waals surface area contributed by atoms with Crippen LogP contribution in [0.25, 0.3) is 0 Å². The molecule has 0 aliphatic carbocycles. The largest absolute Gasteiger partial charge is 0.271 e. The molecule has 0 aliphatic rings. The highest BCUT2D eigenvalue weighted by Crippen LogP contribution is 2.17. The highest BCUT2D eigenvalue weighted by atomic mass is 32.1. The standard InChI is InChI=1S/C8H10N2S/c1-2-3-8(10-9)7-4-5-11-6-7/h1,4-6,8,10H,3,9H2. The molecule has 1 unspecified atom stereocenters. The van der Waals surface area contributed by atoms with Crippen molar-refractivity contribution in [2.24, 2.45) is 5.84 Å². The Kier molecular flexibility index (Phi) is 3.12. The van der Waals surface area contributed by atoms with Gasteiger partial charge in [-0.05, 0) is 22.4 Å². The zero-order valence-corrected chi connectivity index (χ0v) is 6.90. The summed E-state index contributed by atoms with van der Waals surface area (Å²) in [5, 5.41) is 4.05. The van der Waals surface area contributed by atoms with Crippen LogP contribution in [-0.2, 0) is 0 Å². The molecule has 1 heterocycles. The molecule has 0 saturated heterocycles. The predicted molar refractivity (Wildman–Crippen MR) is 47.8 cm³/mol. The van der Waals surface area contributed by atoms with Crippen molar-refractivity contribution >= 4 is 11.3 Å². The summed E-state index contributed by atoms with van der Waals surface area (Å²) in [5.41, 5.74) is 3.83. The van der Waals surface area contributed by atoms with E-state index in [1.54, 1.807) is 11.3 Å². The minimum absolute atomic E-state index is 0.103. The van der Waals surface area contributed by atoms with Gasteiger partial charge in [0.05, 0.1) is 6.04 Å². The third-order valence-electron chi connectivity index (χ3n) is 1.47. The molecule has 58 valence electrons. The fraction of sp³-hybridized carbons (Fsp3) is 0.250. The fourth-order valence-corrected chi connectivity index (χ4v) is 1.58. The fourth-order valence-electron chi connectivity index (χ4n) is 0.864. The van der Waals surface area contributed by atoms with Crippen LogP contribution in [0.2, 0.25) is 0 Å². The highest BCUT2D eigenvalue weighted by molar-refractivity contribution is 7.07. The van der Waals surface area contributed by atoms with E-state index in [9.17, 15) is 0 Å². The summed E-state index contributed by atoms with van der Waals surface area (Å²) in [6, 6.07) is 2.12. The second-order valence-electron chi connectivity index (χ2n) is 2.18. The summed E-state index contributed by atoms with van der Waals surface area (Å²) in [4.78, 5) is 0. The van der Waals surface area contributed by atoms with E-state index in [2.05, 4.69) is 11.3 Å². The van der Waals surface area contributed by atoms with Crippen molar-refractivity contribution < 1.29 is 0 Å². The van der Waals surface area contributed by atoms with Crippen molar-refractivity contribution in [1.82, 2.24) is 5.43 Å². The first-order chi connectivity index (χ1) is 5.38. The van der Waals surface area contributed by atoms with Gasteiger partial charge in [0.25, 0.3) is 0 Å². The van der Waals surface area contributed by atoms with Crippen LogP contribution in [-0.4, -0.2) is 0 Å². The lowest BCUT2D eigenvalue weighted by atomic mass is 10.1. The zero-order chi connectivity index (χ0) is 8.10. The quantitative estimate of drug-likeness (QED) is 0.403. The lowest BCUT2D eigenvalue weighted by Crippen LogP contribution is -2.27. The highest BCUT2D eigenvalue weighted by Gasteiger charge is 2.06. The average Bonchev–Trinajstić information content (AvgIpc) is 2.52. The molecule has 0 aliphatic heterocycles. The zero-order valence-electron chi connectivity index (χ0n) is 6.08. The summed E-state index contributed by atoms with van der Waals surface area (Å²) in [6.07, 6.45) is 5.80. The summed E-state index contributed by atoms with van der Waals surface area (Å²) in [5.74, 6) is 7.88. The Bertz CT molecular complexity index is 235. The normalized spacial score (nSPS) is 12.4. The third kappa shape index (κ3) is 2.05. The molecule has 0 fully saturated rings. The first kappa shape index (κ1) is 8.28. The van der Waals surface area contributed by atoms with Gasteiger partial charge in [-0.3, -0.25) is 11.3 Å². The van der Waals surface area contributed by atoms with Gasteiger partial charge in [0.15, 0.2) is 0 Å². The SMILES string of the molecule is C#CCC(NN)c1ccsc1. The van der Waals surface area contributed by atoms with Crippen molar-refractivity contribution in [2.45, 2.75) is 12.5 Å². The molecule has 0 bridgehead atoms. The Morgan fingerprint density at radius 3 is 3.09 bits per heavy atom. The van der Waals surface area contributed by atoms with E-state index in [-0.39, 0.29) is 6.04 Å². The molecule has 3 heteroatoms. The molecule has 2 nitrogen and oxygen atoms in total. The van der Waals surface area contributed by atoms with Crippen LogP contribution in [0, 0.1) is 12.3 Å². The van der Waals surface area contributed by atoms with Crippen LogP contribution in [0.3, 0.4) is 0 Å². The van der Waals surface area contributed by atoms with Crippen LogP contribution in [0.1, 0.15) is 18.0 Å². The monoisotopic (exact) mass is 166 g/mol. The molecule has 0 saturated carbocycles. The van der Waals surface area contributed by atoms with Gasteiger partial charge in [0, 0.05) is 6.42 Å². The van der Waals surface area contributed by atoms with E-state index in [1.165, 1.54) is 0 Å². The molecule has 1 atom stereocenters. The Labute approximate surface area is 70.4 Å². The molecule has 0 spiro atoms. The maximum Gasteiger partial charge on any atom is 0.0577 e. The number of terminal acetylenes is 1. The average molecular weight is 166 g/mol. The first-order valence-corrected chi connectivity index (χ1v) is 4.24. The third-order valence-corrected chi connectivity index (χ3v) is 2.17. The van der Waals surface area contributed by atoms with Gasteiger partial charge >= 0.3 is 0 Å². The number of hydrogen-bond acceptors (Lipinski definition) is 3. The van der Waals surface area contributed by atoms with Crippen LogP contribution in [0.15, 0.2) is 16.8 Å². The van der Waals surface area contributed by atoms with E-state index in [1.807, 2.05) is 16.8 Å². The molecule has 11 heavy (non-hydrogen) atoms. The van der Waals surface area contributed by atoms with Crippen molar-refractivity contribution in [3.05, 3.63) is 22.4 Å². The maximum atomic E-state index is 5.31. The molecule has 3 N–H and O–H groups in total. The number of nitrogens with one attached hydrogen (secondary N) is 1. The van der Waals surface area contributed by atoms with Crippen LogP contribution >= 0.6 is 11.3 Å². The topological polar surface area (TPSA) is 38.0 Å². The number of nitrogens with two attached hydrogens (primary N) is 1. The second kappa shape index (κ2) is 4.14. The van der Waals surface area contributed by atoms with Gasteiger partial charge < -0.3 is 0 Å².